The van der Waals surface area contributed by atoms with Crippen LogP contribution in [-0.4, -0.2) is 22.5 Å². The van der Waals surface area contributed by atoms with Crippen molar-refractivity contribution in [1.82, 2.24) is 9.88 Å². The Kier molecular flexibility index (Phi) is 6.06. The Morgan fingerprint density at radius 2 is 1.96 bits per heavy atom. The average molecular weight is 388 g/mol. The number of hydrogen-bond acceptors (Lipinski definition) is 4. The van der Waals surface area contributed by atoms with Gasteiger partial charge in [-0.2, -0.15) is 5.26 Å². The van der Waals surface area contributed by atoms with Crippen molar-refractivity contribution in [3.63, 3.8) is 0 Å². The summed E-state index contributed by atoms with van der Waals surface area (Å²) in [6.07, 6.45) is 8.67. The van der Waals surface area contributed by atoms with E-state index in [1.54, 1.807) is 6.26 Å². The Bertz CT molecular complexity index is 683. The van der Waals surface area contributed by atoms with Gasteiger partial charge in [0.1, 0.15) is 6.26 Å². The summed E-state index contributed by atoms with van der Waals surface area (Å²) in [7, 11) is 0. The summed E-state index contributed by atoms with van der Waals surface area (Å²) in [6, 6.07) is 10.8. The maximum absolute atomic E-state index is 8.94. The zero-order valence-corrected chi connectivity index (χ0v) is 15.3. The van der Waals surface area contributed by atoms with Crippen LogP contribution >= 0.6 is 15.9 Å². The fourth-order valence-corrected chi connectivity index (χ4v) is 3.61. The van der Waals surface area contributed by atoms with Crippen LogP contribution in [0.3, 0.4) is 0 Å². The summed E-state index contributed by atoms with van der Waals surface area (Å²) in [4.78, 5) is 7.05. The van der Waals surface area contributed by atoms with E-state index < -0.39 is 0 Å². The van der Waals surface area contributed by atoms with Crippen LogP contribution in [0.25, 0.3) is 11.5 Å². The molecule has 1 heterocycles. The van der Waals surface area contributed by atoms with Gasteiger partial charge in [0.15, 0.2) is 0 Å². The van der Waals surface area contributed by atoms with E-state index in [9.17, 15) is 0 Å². The number of rotatable bonds is 6. The molecule has 4 nitrogen and oxygen atoms in total. The van der Waals surface area contributed by atoms with Crippen LogP contribution in [0.4, 0.5) is 0 Å². The van der Waals surface area contributed by atoms with Gasteiger partial charge in [0.05, 0.1) is 11.8 Å². The highest BCUT2D eigenvalue weighted by Crippen LogP contribution is 2.26. The molecule has 0 saturated heterocycles. The minimum atomic E-state index is 0.563. The van der Waals surface area contributed by atoms with E-state index in [-0.39, 0.29) is 0 Å². The molecule has 0 spiro atoms. The van der Waals surface area contributed by atoms with E-state index in [4.69, 9.17) is 9.68 Å². The summed E-state index contributed by atoms with van der Waals surface area (Å²) in [5, 5.41) is 8.94. The van der Waals surface area contributed by atoms with Crippen molar-refractivity contribution < 1.29 is 4.42 Å². The number of nitriles is 1. The highest BCUT2D eigenvalue weighted by molar-refractivity contribution is 9.10. The van der Waals surface area contributed by atoms with E-state index in [2.05, 4.69) is 31.9 Å². The van der Waals surface area contributed by atoms with Gasteiger partial charge in [0.25, 0.3) is 0 Å². The second kappa shape index (κ2) is 8.46. The quantitative estimate of drug-likeness (QED) is 0.687. The van der Waals surface area contributed by atoms with Gasteiger partial charge in [-0.3, -0.25) is 4.90 Å². The van der Waals surface area contributed by atoms with Crippen molar-refractivity contribution in [2.24, 2.45) is 0 Å². The molecular weight excluding hydrogens is 366 g/mol. The summed E-state index contributed by atoms with van der Waals surface area (Å²) < 4.78 is 6.70. The molecule has 0 aliphatic heterocycles. The molecular formula is C19H22BrN3O. The first-order chi connectivity index (χ1) is 11.8. The molecule has 0 N–H and O–H groups in total. The van der Waals surface area contributed by atoms with Crippen molar-refractivity contribution in [3.05, 3.63) is 40.7 Å². The van der Waals surface area contributed by atoms with Gasteiger partial charge in [-0.15, -0.1) is 0 Å². The maximum Gasteiger partial charge on any atom is 0.226 e. The van der Waals surface area contributed by atoms with Gasteiger partial charge in [0, 0.05) is 35.6 Å². The van der Waals surface area contributed by atoms with Crippen molar-refractivity contribution in [2.75, 3.05) is 6.54 Å². The molecule has 1 fully saturated rings. The molecule has 0 amide bonds. The molecule has 0 atom stereocenters. The zero-order valence-electron chi connectivity index (χ0n) is 13.7. The maximum atomic E-state index is 8.94. The first-order valence-corrected chi connectivity index (χ1v) is 9.37. The molecule has 1 aliphatic rings. The molecule has 2 aromatic rings. The predicted molar refractivity (Wildman–Crippen MR) is 97.2 cm³/mol. The molecule has 1 aromatic carbocycles. The number of aromatic nitrogens is 1. The summed E-state index contributed by atoms with van der Waals surface area (Å²) in [6.45, 7) is 1.56. The summed E-state index contributed by atoms with van der Waals surface area (Å²) >= 11 is 3.44. The van der Waals surface area contributed by atoms with Crippen LogP contribution in [0.15, 0.2) is 39.4 Å². The van der Waals surface area contributed by atoms with Gasteiger partial charge in [0.2, 0.25) is 5.89 Å². The van der Waals surface area contributed by atoms with Crippen molar-refractivity contribution >= 4 is 15.9 Å². The number of benzene rings is 1. The first kappa shape index (κ1) is 17.2. The van der Waals surface area contributed by atoms with E-state index in [1.807, 2.05) is 24.3 Å². The molecule has 126 valence electrons. The van der Waals surface area contributed by atoms with E-state index in [0.29, 0.717) is 18.4 Å². The zero-order chi connectivity index (χ0) is 16.8. The molecule has 0 bridgehead atoms. The number of oxazole rings is 1. The first-order valence-electron chi connectivity index (χ1n) is 8.57. The highest BCUT2D eigenvalue weighted by atomic mass is 79.9. The highest BCUT2D eigenvalue weighted by Gasteiger charge is 2.22. The summed E-state index contributed by atoms with van der Waals surface area (Å²) in [5.74, 6) is 0.654. The fourth-order valence-electron chi connectivity index (χ4n) is 3.34. The van der Waals surface area contributed by atoms with E-state index in [1.165, 1.54) is 32.1 Å². The van der Waals surface area contributed by atoms with E-state index in [0.717, 1.165) is 28.8 Å². The lowest BCUT2D eigenvalue weighted by Gasteiger charge is -2.33. The monoisotopic (exact) mass is 387 g/mol. The van der Waals surface area contributed by atoms with Gasteiger partial charge in [-0.1, -0.05) is 35.2 Å². The SMILES string of the molecule is N#CCCN(Cc1coc(-c2ccc(Br)cc2)n1)C1CCCCC1. The lowest BCUT2D eigenvalue weighted by atomic mass is 9.94. The minimum Gasteiger partial charge on any atom is -0.444 e. The number of nitrogens with zero attached hydrogens (tertiary/aromatic N) is 3. The molecule has 0 radical (unpaired) electrons. The Hall–Kier alpha value is -1.64. The van der Waals surface area contributed by atoms with Crippen LogP contribution in [-0.2, 0) is 6.54 Å². The van der Waals surface area contributed by atoms with Gasteiger partial charge < -0.3 is 4.42 Å². The lowest BCUT2D eigenvalue weighted by Crippen LogP contribution is -2.37. The Balaban J connectivity index is 1.70. The molecule has 1 saturated carbocycles. The van der Waals surface area contributed by atoms with Gasteiger partial charge >= 0.3 is 0 Å². The predicted octanol–water partition coefficient (Wildman–Crippen LogP) is 5.15. The second-order valence-electron chi connectivity index (χ2n) is 6.32. The lowest BCUT2D eigenvalue weighted by molar-refractivity contribution is 0.149. The molecule has 1 aliphatic carbocycles. The standard InChI is InChI=1S/C19H22BrN3O/c20-16-9-7-15(8-10-16)19-22-17(14-24-19)13-23(12-4-11-21)18-5-2-1-3-6-18/h7-10,14,18H,1-6,12-13H2. The number of halogens is 1. The second-order valence-corrected chi connectivity index (χ2v) is 7.24. The topological polar surface area (TPSA) is 53.1 Å². The third-order valence-electron chi connectivity index (χ3n) is 4.61. The van der Waals surface area contributed by atoms with E-state index >= 15 is 0 Å². The molecule has 0 unspecified atom stereocenters. The van der Waals surface area contributed by atoms with Gasteiger partial charge in [-0.05, 0) is 37.1 Å². The van der Waals surface area contributed by atoms with Crippen LogP contribution in [0.1, 0.15) is 44.2 Å². The largest absolute Gasteiger partial charge is 0.444 e. The molecule has 5 heteroatoms. The third kappa shape index (κ3) is 4.46. The van der Waals surface area contributed by atoms with Crippen LogP contribution in [0, 0.1) is 11.3 Å². The van der Waals surface area contributed by atoms with Crippen molar-refractivity contribution in [3.8, 4) is 17.5 Å². The van der Waals surface area contributed by atoms with Crippen molar-refractivity contribution in [2.45, 2.75) is 51.1 Å². The fraction of sp³-hybridized carbons (Fsp3) is 0.474. The van der Waals surface area contributed by atoms with Crippen LogP contribution in [0.2, 0.25) is 0 Å². The minimum absolute atomic E-state index is 0.563. The Morgan fingerprint density at radius 3 is 2.67 bits per heavy atom. The van der Waals surface area contributed by atoms with Crippen molar-refractivity contribution in [1.29, 1.82) is 5.26 Å². The smallest absolute Gasteiger partial charge is 0.226 e. The summed E-state index contributed by atoms with van der Waals surface area (Å²) in [5.41, 5.74) is 1.92. The Morgan fingerprint density at radius 1 is 1.21 bits per heavy atom. The van der Waals surface area contributed by atoms with Gasteiger partial charge in [-0.25, -0.2) is 4.98 Å². The number of hydrogen-bond donors (Lipinski definition) is 0. The molecule has 1 aromatic heterocycles. The average Bonchev–Trinajstić information content (AvgIpc) is 3.08. The Labute approximate surface area is 151 Å². The normalized spacial score (nSPS) is 15.5. The molecule has 24 heavy (non-hydrogen) atoms. The molecule has 3 rings (SSSR count). The third-order valence-corrected chi connectivity index (χ3v) is 5.14. The van der Waals surface area contributed by atoms with Crippen LogP contribution in [0.5, 0.6) is 0 Å². The van der Waals surface area contributed by atoms with Crippen LogP contribution < -0.4 is 0 Å².